The maximum atomic E-state index is 5.51. The standard InChI is InChI=1S/C9H9N3/c1-6-4-7-2-3-8(10)12-9(7)11-5-6/h2-5H,1H3,(H2,10,11,12). The molecule has 0 unspecified atom stereocenters. The lowest BCUT2D eigenvalue weighted by Crippen LogP contribution is -1.91. The summed E-state index contributed by atoms with van der Waals surface area (Å²) in [6, 6.07) is 5.75. The summed E-state index contributed by atoms with van der Waals surface area (Å²) in [5.41, 5.74) is 7.35. The van der Waals surface area contributed by atoms with Crippen molar-refractivity contribution in [2.45, 2.75) is 6.92 Å². The lowest BCUT2D eigenvalue weighted by molar-refractivity contribution is 1.26. The normalized spacial score (nSPS) is 10.4. The Labute approximate surface area is 70.3 Å². The second-order valence-electron chi connectivity index (χ2n) is 2.80. The molecule has 60 valence electrons. The Morgan fingerprint density at radius 3 is 3.00 bits per heavy atom. The van der Waals surface area contributed by atoms with E-state index in [9.17, 15) is 0 Å². The van der Waals surface area contributed by atoms with Gasteiger partial charge >= 0.3 is 0 Å². The SMILES string of the molecule is Cc1cnc2nc(N)ccc2c1. The highest BCUT2D eigenvalue weighted by Crippen LogP contribution is 2.11. The molecule has 0 radical (unpaired) electrons. The average molecular weight is 159 g/mol. The molecule has 0 aromatic carbocycles. The number of hydrogen-bond donors (Lipinski definition) is 1. The Hall–Kier alpha value is -1.64. The highest BCUT2D eigenvalue weighted by molar-refractivity contribution is 5.76. The van der Waals surface area contributed by atoms with Gasteiger partial charge in [0, 0.05) is 11.6 Å². The second kappa shape index (κ2) is 2.44. The molecule has 0 aliphatic rings. The van der Waals surface area contributed by atoms with Crippen LogP contribution in [0, 0.1) is 6.92 Å². The number of rotatable bonds is 0. The maximum Gasteiger partial charge on any atom is 0.161 e. The Balaban J connectivity index is 2.79. The highest BCUT2D eigenvalue weighted by Gasteiger charge is 1.95. The molecule has 2 N–H and O–H groups in total. The van der Waals surface area contributed by atoms with Crippen LogP contribution in [0.15, 0.2) is 24.4 Å². The van der Waals surface area contributed by atoms with Crippen molar-refractivity contribution in [3.05, 3.63) is 30.0 Å². The van der Waals surface area contributed by atoms with E-state index in [1.165, 1.54) is 0 Å². The fourth-order valence-electron chi connectivity index (χ4n) is 1.14. The molecular formula is C9H9N3. The zero-order valence-corrected chi connectivity index (χ0v) is 6.78. The fraction of sp³-hybridized carbons (Fsp3) is 0.111. The van der Waals surface area contributed by atoms with E-state index < -0.39 is 0 Å². The number of aryl methyl sites for hydroxylation is 1. The van der Waals surface area contributed by atoms with Gasteiger partial charge < -0.3 is 5.73 Å². The van der Waals surface area contributed by atoms with Crippen molar-refractivity contribution in [3.63, 3.8) is 0 Å². The minimum Gasteiger partial charge on any atom is -0.384 e. The Morgan fingerprint density at radius 1 is 1.33 bits per heavy atom. The zero-order chi connectivity index (χ0) is 8.55. The van der Waals surface area contributed by atoms with Gasteiger partial charge in [0.2, 0.25) is 0 Å². The van der Waals surface area contributed by atoms with Gasteiger partial charge in [-0.3, -0.25) is 0 Å². The van der Waals surface area contributed by atoms with Crippen LogP contribution in [-0.4, -0.2) is 9.97 Å². The van der Waals surface area contributed by atoms with Gasteiger partial charge in [-0.15, -0.1) is 0 Å². The van der Waals surface area contributed by atoms with Gasteiger partial charge in [0.05, 0.1) is 0 Å². The predicted octanol–water partition coefficient (Wildman–Crippen LogP) is 1.52. The van der Waals surface area contributed by atoms with E-state index in [1.807, 2.05) is 19.1 Å². The molecule has 3 heteroatoms. The first kappa shape index (κ1) is 7.03. The third kappa shape index (κ3) is 1.09. The molecule has 0 fully saturated rings. The van der Waals surface area contributed by atoms with E-state index in [-0.39, 0.29) is 0 Å². The van der Waals surface area contributed by atoms with Crippen LogP contribution in [0.5, 0.6) is 0 Å². The monoisotopic (exact) mass is 159 g/mol. The maximum absolute atomic E-state index is 5.51. The van der Waals surface area contributed by atoms with Gasteiger partial charge in [0.1, 0.15) is 5.82 Å². The summed E-state index contributed by atoms with van der Waals surface area (Å²) < 4.78 is 0. The summed E-state index contributed by atoms with van der Waals surface area (Å²) in [6.45, 7) is 2.00. The van der Waals surface area contributed by atoms with Crippen LogP contribution >= 0.6 is 0 Å². The van der Waals surface area contributed by atoms with Crippen molar-refractivity contribution in [2.24, 2.45) is 0 Å². The summed E-state index contributed by atoms with van der Waals surface area (Å²) in [7, 11) is 0. The molecule has 0 saturated carbocycles. The van der Waals surface area contributed by atoms with Gasteiger partial charge in [-0.25, -0.2) is 9.97 Å². The quantitative estimate of drug-likeness (QED) is 0.634. The number of nitrogens with zero attached hydrogens (tertiary/aromatic N) is 2. The molecular weight excluding hydrogens is 150 g/mol. The van der Waals surface area contributed by atoms with E-state index in [0.717, 1.165) is 10.9 Å². The molecule has 0 spiro atoms. The first-order valence-electron chi connectivity index (χ1n) is 3.74. The summed E-state index contributed by atoms with van der Waals surface area (Å²) in [6.07, 6.45) is 1.79. The number of hydrogen-bond acceptors (Lipinski definition) is 3. The fourth-order valence-corrected chi connectivity index (χ4v) is 1.14. The smallest absolute Gasteiger partial charge is 0.161 e. The van der Waals surface area contributed by atoms with Crippen LogP contribution in [0.25, 0.3) is 11.0 Å². The summed E-state index contributed by atoms with van der Waals surface area (Å²) >= 11 is 0. The number of pyridine rings is 2. The van der Waals surface area contributed by atoms with Crippen molar-refractivity contribution < 1.29 is 0 Å². The number of anilines is 1. The van der Waals surface area contributed by atoms with E-state index in [1.54, 1.807) is 12.3 Å². The summed E-state index contributed by atoms with van der Waals surface area (Å²) in [4.78, 5) is 8.23. The van der Waals surface area contributed by atoms with E-state index in [4.69, 9.17) is 5.73 Å². The molecule has 0 aliphatic carbocycles. The molecule has 0 atom stereocenters. The third-order valence-electron chi connectivity index (χ3n) is 1.70. The van der Waals surface area contributed by atoms with Crippen molar-refractivity contribution >= 4 is 16.9 Å². The van der Waals surface area contributed by atoms with Crippen LogP contribution in [0.4, 0.5) is 5.82 Å². The minimum atomic E-state index is 0.513. The highest BCUT2D eigenvalue weighted by atomic mass is 14.9. The van der Waals surface area contributed by atoms with E-state index in [2.05, 4.69) is 9.97 Å². The third-order valence-corrected chi connectivity index (χ3v) is 1.70. The topological polar surface area (TPSA) is 51.8 Å². The van der Waals surface area contributed by atoms with E-state index >= 15 is 0 Å². The number of nitrogen functional groups attached to an aromatic ring is 1. The lowest BCUT2D eigenvalue weighted by atomic mass is 10.2. The molecule has 0 amide bonds. The summed E-state index contributed by atoms with van der Waals surface area (Å²) in [5, 5.41) is 1.03. The zero-order valence-electron chi connectivity index (χ0n) is 6.78. The van der Waals surface area contributed by atoms with Crippen LogP contribution in [0.3, 0.4) is 0 Å². The molecule has 12 heavy (non-hydrogen) atoms. The van der Waals surface area contributed by atoms with Crippen molar-refractivity contribution in [3.8, 4) is 0 Å². The lowest BCUT2D eigenvalue weighted by Gasteiger charge is -1.97. The first-order valence-corrected chi connectivity index (χ1v) is 3.74. The van der Waals surface area contributed by atoms with Gasteiger partial charge in [-0.05, 0) is 30.7 Å². The summed E-state index contributed by atoms with van der Waals surface area (Å²) in [5.74, 6) is 0.513. The first-order chi connectivity index (χ1) is 5.75. The molecule has 3 nitrogen and oxygen atoms in total. The van der Waals surface area contributed by atoms with Gasteiger partial charge in [0.15, 0.2) is 5.65 Å². The molecule has 0 aliphatic heterocycles. The molecule has 2 heterocycles. The molecule has 2 rings (SSSR count). The Morgan fingerprint density at radius 2 is 2.17 bits per heavy atom. The van der Waals surface area contributed by atoms with Gasteiger partial charge in [-0.2, -0.15) is 0 Å². The molecule has 0 saturated heterocycles. The molecule has 0 bridgehead atoms. The Bertz CT molecular complexity index is 382. The largest absolute Gasteiger partial charge is 0.384 e. The second-order valence-corrected chi connectivity index (χ2v) is 2.80. The molecule has 2 aromatic rings. The molecule has 2 aromatic heterocycles. The van der Waals surface area contributed by atoms with Crippen molar-refractivity contribution in [2.75, 3.05) is 5.73 Å². The van der Waals surface area contributed by atoms with Crippen LogP contribution in [-0.2, 0) is 0 Å². The number of nitrogens with two attached hydrogens (primary N) is 1. The van der Waals surface area contributed by atoms with E-state index in [0.29, 0.717) is 11.5 Å². The minimum absolute atomic E-state index is 0.513. The predicted molar refractivity (Wildman–Crippen MR) is 48.7 cm³/mol. The van der Waals surface area contributed by atoms with Crippen molar-refractivity contribution in [1.82, 2.24) is 9.97 Å². The van der Waals surface area contributed by atoms with Crippen LogP contribution < -0.4 is 5.73 Å². The van der Waals surface area contributed by atoms with Crippen LogP contribution in [0.1, 0.15) is 5.56 Å². The van der Waals surface area contributed by atoms with Crippen molar-refractivity contribution in [1.29, 1.82) is 0 Å². The Kier molecular flexibility index (Phi) is 1.43. The average Bonchev–Trinajstić information content (AvgIpc) is 2.05. The number of fused-ring (bicyclic) bond motifs is 1. The number of aromatic nitrogens is 2. The van der Waals surface area contributed by atoms with Gasteiger partial charge in [-0.1, -0.05) is 0 Å². The van der Waals surface area contributed by atoms with Crippen LogP contribution in [0.2, 0.25) is 0 Å². The van der Waals surface area contributed by atoms with Gasteiger partial charge in [0.25, 0.3) is 0 Å².